The predicted octanol–water partition coefficient (Wildman–Crippen LogP) is 0.703. The fourth-order valence-corrected chi connectivity index (χ4v) is 2.81. The highest BCUT2D eigenvalue weighted by atomic mass is 32.2. The number of nitrogen functional groups attached to an aromatic ring is 1. The Labute approximate surface area is 106 Å². The van der Waals surface area contributed by atoms with Gasteiger partial charge < -0.3 is 10.8 Å². The normalized spacial score (nSPS) is 15.3. The quantitative estimate of drug-likeness (QED) is 0.690. The standard InChI is InChI=1S/C11H17FN2O3S/c1-7(6-15)8(2)14-18(16,17)11-4-3-9(12)5-10(11)13/h3-5,7-8,14-15H,6,13H2,1-2H3. The van der Waals surface area contributed by atoms with Gasteiger partial charge in [0.1, 0.15) is 10.7 Å². The summed E-state index contributed by atoms with van der Waals surface area (Å²) in [6.45, 7) is 3.21. The molecule has 0 heterocycles. The van der Waals surface area contributed by atoms with Crippen molar-refractivity contribution in [3.63, 3.8) is 0 Å². The van der Waals surface area contributed by atoms with Crippen LogP contribution in [0.25, 0.3) is 0 Å². The number of nitrogens with two attached hydrogens (primary N) is 1. The number of nitrogens with one attached hydrogen (secondary N) is 1. The van der Waals surface area contributed by atoms with Crippen LogP contribution in [0.3, 0.4) is 0 Å². The molecular weight excluding hydrogens is 259 g/mol. The van der Waals surface area contributed by atoms with E-state index in [1.165, 1.54) is 0 Å². The van der Waals surface area contributed by atoms with E-state index < -0.39 is 21.9 Å². The summed E-state index contributed by atoms with van der Waals surface area (Å²) in [5.74, 6) is -0.829. The Morgan fingerprint density at radius 1 is 1.44 bits per heavy atom. The van der Waals surface area contributed by atoms with Crippen molar-refractivity contribution in [1.82, 2.24) is 4.72 Å². The molecule has 0 aliphatic carbocycles. The van der Waals surface area contributed by atoms with E-state index >= 15 is 0 Å². The minimum absolute atomic E-state index is 0.136. The lowest BCUT2D eigenvalue weighted by atomic mass is 10.1. The van der Waals surface area contributed by atoms with Crippen LogP contribution in [0.2, 0.25) is 0 Å². The molecule has 0 saturated heterocycles. The summed E-state index contributed by atoms with van der Waals surface area (Å²) < 4.78 is 39.2. The van der Waals surface area contributed by atoms with Crippen molar-refractivity contribution in [3.8, 4) is 0 Å². The lowest BCUT2D eigenvalue weighted by molar-refractivity contribution is 0.216. The molecule has 18 heavy (non-hydrogen) atoms. The molecule has 0 fully saturated rings. The van der Waals surface area contributed by atoms with Gasteiger partial charge in [-0.2, -0.15) is 0 Å². The number of sulfonamides is 1. The summed E-state index contributed by atoms with van der Waals surface area (Å²) in [5.41, 5.74) is 5.34. The fraction of sp³-hybridized carbons (Fsp3) is 0.455. The molecular formula is C11H17FN2O3S. The zero-order valence-electron chi connectivity index (χ0n) is 10.2. The summed E-state index contributed by atoms with van der Waals surface area (Å²) in [5, 5.41) is 8.95. The third kappa shape index (κ3) is 3.41. The van der Waals surface area contributed by atoms with Gasteiger partial charge in [0.15, 0.2) is 0 Å². The van der Waals surface area contributed by atoms with Crippen LogP contribution in [0, 0.1) is 11.7 Å². The molecule has 0 bridgehead atoms. The maximum Gasteiger partial charge on any atom is 0.242 e. The molecule has 0 amide bonds. The Hall–Kier alpha value is -1.18. The smallest absolute Gasteiger partial charge is 0.242 e. The van der Waals surface area contributed by atoms with Crippen LogP contribution in [0.4, 0.5) is 10.1 Å². The van der Waals surface area contributed by atoms with Gasteiger partial charge in [-0.1, -0.05) is 6.92 Å². The van der Waals surface area contributed by atoms with Crippen LogP contribution < -0.4 is 10.5 Å². The monoisotopic (exact) mass is 276 g/mol. The SMILES string of the molecule is CC(CO)C(C)NS(=O)(=O)c1ccc(F)cc1N. The Kier molecular flexibility index (Phi) is 4.66. The second kappa shape index (κ2) is 5.64. The predicted molar refractivity (Wildman–Crippen MR) is 66.8 cm³/mol. The van der Waals surface area contributed by atoms with Crippen molar-refractivity contribution in [2.24, 2.45) is 5.92 Å². The number of aliphatic hydroxyl groups excluding tert-OH is 1. The molecule has 0 radical (unpaired) electrons. The fourth-order valence-electron chi connectivity index (χ4n) is 1.35. The molecule has 0 aliphatic heterocycles. The van der Waals surface area contributed by atoms with Gasteiger partial charge in [0.2, 0.25) is 10.0 Å². The summed E-state index contributed by atoms with van der Waals surface area (Å²) in [7, 11) is -3.81. The van der Waals surface area contributed by atoms with Crippen molar-refractivity contribution in [1.29, 1.82) is 0 Å². The summed E-state index contributed by atoms with van der Waals surface area (Å²) >= 11 is 0. The molecule has 0 spiro atoms. The highest BCUT2D eigenvalue weighted by molar-refractivity contribution is 7.89. The lowest BCUT2D eigenvalue weighted by Gasteiger charge is -2.19. The van der Waals surface area contributed by atoms with Crippen molar-refractivity contribution >= 4 is 15.7 Å². The van der Waals surface area contributed by atoms with E-state index in [4.69, 9.17) is 10.8 Å². The van der Waals surface area contributed by atoms with Crippen LogP contribution in [0.5, 0.6) is 0 Å². The number of aliphatic hydroxyl groups is 1. The van der Waals surface area contributed by atoms with E-state index in [9.17, 15) is 12.8 Å². The average Bonchev–Trinajstić information content (AvgIpc) is 2.26. The Morgan fingerprint density at radius 3 is 2.56 bits per heavy atom. The third-order valence-electron chi connectivity index (χ3n) is 2.74. The molecule has 0 aliphatic rings. The van der Waals surface area contributed by atoms with E-state index in [1.807, 2.05) is 0 Å². The lowest BCUT2D eigenvalue weighted by Crippen LogP contribution is -2.38. The maximum absolute atomic E-state index is 12.9. The van der Waals surface area contributed by atoms with E-state index in [0.29, 0.717) is 0 Å². The third-order valence-corrected chi connectivity index (χ3v) is 4.38. The molecule has 0 saturated carbocycles. The van der Waals surface area contributed by atoms with E-state index in [2.05, 4.69) is 4.72 Å². The molecule has 7 heteroatoms. The van der Waals surface area contributed by atoms with Gasteiger partial charge in [-0.25, -0.2) is 17.5 Å². The molecule has 0 aromatic heterocycles. The minimum Gasteiger partial charge on any atom is -0.398 e. The second-order valence-electron chi connectivity index (χ2n) is 4.25. The molecule has 1 aromatic rings. The highest BCUT2D eigenvalue weighted by Crippen LogP contribution is 2.20. The Balaban J connectivity index is 3.00. The highest BCUT2D eigenvalue weighted by Gasteiger charge is 2.22. The molecule has 1 rings (SSSR count). The second-order valence-corrected chi connectivity index (χ2v) is 5.93. The molecule has 2 unspecified atom stereocenters. The van der Waals surface area contributed by atoms with Gasteiger partial charge in [0.05, 0.1) is 5.69 Å². The number of benzene rings is 1. The van der Waals surface area contributed by atoms with E-state index in [-0.39, 0.29) is 23.1 Å². The first-order valence-electron chi connectivity index (χ1n) is 5.46. The molecule has 5 nitrogen and oxygen atoms in total. The van der Waals surface area contributed by atoms with Gasteiger partial charge in [-0.3, -0.25) is 0 Å². The zero-order valence-corrected chi connectivity index (χ0v) is 11.0. The first-order chi connectivity index (χ1) is 8.27. The average molecular weight is 276 g/mol. The molecule has 102 valence electrons. The molecule has 2 atom stereocenters. The van der Waals surface area contributed by atoms with Crippen molar-refractivity contribution in [2.45, 2.75) is 24.8 Å². The van der Waals surface area contributed by atoms with Gasteiger partial charge in [-0.05, 0) is 31.0 Å². The van der Waals surface area contributed by atoms with Crippen molar-refractivity contribution in [3.05, 3.63) is 24.0 Å². The Morgan fingerprint density at radius 2 is 2.06 bits per heavy atom. The van der Waals surface area contributed by atoms with Crippen LogP contribution in [-0.2, 0) is 10.0 Å². The number of halogens is 1. The molecule has 1 aromatic carbocycles. The number of hydrogen-bond donors (Lipinski definition) is 3. The number of anilines is 1. The number of rotatable bonds is 5. The largest absolute Gasteiger partial charge is 0.398 e. The zero-order chi connectivity index (χ0) is 13.9. The number of hydrogen-bond acceptors (Lipinski definition) is 4. The summed E-state index contributed by atoms with van der Waals surface area (Å²) in [4.78, 5) is -0.166. The van der Waals surface area contributed by atoms with Crippen molar-refractivity contribution in [2.75, 3.05) is 12.3 Å². The first-order valence-corrected chi connectivity index (χ1v) is 6.94. The topological polar surface area (TPSA) is 92.4 Å². The van der Waals surface area contributed by atoms with E-state index in [0.717, 1.165) is 18.2 Å². The van der Waals surface area contributed by atoms with Crippen LogP contribution in [0.1, 0.15) is 13.8 Å². The van der Waals surface area contributed by atoms with Crippen LogP contribution in [0.15, 0.2) is 23.1 Å². The first kappa shape index (κ1) is 14.9. The van der Waals surface area contributed by atoms with Crippen molar-refractivity contribution < 1.29 is 17.9 Å². The van der Waals surface area contributed by atoms with Crippen LogP contribution in [-0.4, -0.2) is 26.2 Å². The summed E-state index contributed by atoms with van der Waals surface area (Å²) in [6, 6.07) is 2.65. The maximum atomic E-state index is 12.9. The van der Waals surface area contributed by atoms with Gasteiger partial charge >= 0.3 is 0 Å². The van der Waals surface area contributed by atoms with Gasteiger partial charge in [0.25, 0.3) is 0 Å². The summed E-state index contributed by atoms with van der Waals surface area (Å²) in [6.07, 6.45) is 0. The minimum atomic E-state index is -3.81. The molecule has 4 N–H and O–H groups in total. The van der Waals surface area contributed by atoms with Crippen LogP contribution >= 0.6 is 0 Å². The van der Waals surface area contributed by atoms with Gasteiger partial charge in [-0.15, -0.1) is 0 Å². The van der Waals surface area contributed by atoms with E-state index in [1.54, 1.807) is 13.8 Å². The van der Waals surface area contributed by atoms with Gasteiger partial charge in [0, 0.05) is 12.6 Å². The Bertz CT molecular complexity index is 519.